The van der Waals surface area contributed by atoms with Gasteiger partial charge in [-0.3, -0.25) is 0 Å². The summed E-state index contributed by atoms with van der Waals surface area (Å²) in [5.41, 5.74) is 1.55. The number of thiophene rings is 2. The van der Waals surface area contributed by atoms with E-state index in [2.05, 4.69) is 23.6 Å². The highest BCUT2D eigenvalue weighted by atomic mass is 35.5. The monoisotopic (exact) mass is 268 g/mol. The summed E-state index contributed by atoms with van der Waals surface area (Å²) in [6.07, 6.45) is 4.83. The average molecular weight is 269 g/mol. The predicted octanol–water partition coefficient (Wildman–Crippen LogP) is 4.82. The molecule has 0 nitrogen and oxygen atoms in total. The van der Waals surface area contributed by atoms with E-state index in [-0.39, 0.29) is 5.38 Å². The molecule has 0 amide bonds. The van der Waals surface area contributed by atoms with Crippen LogP contribution in [0.2, 0.25) is 0 Å². The van der Waals surface area contributed by atoms with Crippen molar-refractivity contribution in [3.63, 3.8) is 0 Å². The molecule has 0 aromatic carbocycles. The van der Waals surface area contributed by atoms with Gasteiger partial charge in [-0.1, -0.05) is 6.07 Å². The molecular formula is C13H13ClS2. The molecule has 84 valence electrons. The van der Waals surface area contributed by atoms with Gasteiger partial charge in [0.05, 0.1) is 5.38 Å². The van der Waals surface area contributed by atoms with E-state index in [4.69, 9.17) is 11.6 Å². The smallest absolute Gasteiger partial charge is 0.0726 e. The zero-order chi connectivity index (χ0) is 11.0. The second kappa shape index (κ2) is 4.52. The van der Waals surface area contributed by atoms with Gasteiger partial charge in [-0.25, -0.2) is 0 Å². The molecule has 3 rings (SSSR count). The van der Waals surface area contributed by atoms with Crippen LogP contribution in [0.3, 0.4) is 0 Å². The Kier molecular flexibility index (Phi) is 3.05. The van der Waals surface area contributed by atoms with Crippen molar-refractivity contribution in [2.45, 2.75) is 31.1 Å². The number of hydrogen-bond acceptors (Lipinski definition) is 2. The molecule has 2 aromatic rings. The summed E-state index contributed by atoms with van der Waals surface area (Å²) >= 11 is 10.2. The fraction of sp³-hybridized carbons (Fsp3) is 0.385. The molecule has 0 fully saturated rings. The lowest BCUT2D eigenvalue weighted by Gasteiger charge is -2.05. The number of halogens is 1. The van der Waals surface area contributed by atoms with E-state index in [0.717, 1.165) is 6.42 Å². The van der Waals surface area contributed by atoms with Crippen LogP contribution in [0.25, 0.3) is 0 Å². The number of rotatable bonds is 3. The Morgan fingerprint density at radius 2 is 2.31 bits per heavy atom. The zero-order valence-electron chi connectivity index (χ0n) is 8.91. The quantitative estimate of drug-likeness (QED) is 0.700. The van der Waals surface area contributed by atoms with E-state index in [1.165, 1.54) is 29.0 Å². The van der Waals surface area contributed by atoms with Gasteiger partial charge in [-0.2, -0.15) is 0 Å². The Balaban J connectivity index is 1.76. The van der Waals surface area contributed by atoms with Crippen LogP contribution in [-0.2, 0) is 19.3 Å². The van der Waals surface area contributed by atoms with E-state index in [1.807, 2.05) is 11.3 Å². The maximum atomic E-state index is 6.48. The van der Waals surface area contributed by atoms with E-state index in [0.29, 0.717) is 0 Å². The minimum Gasteiger partial charge on any atom is -0.149 e. The number of hydrogen-bond donors (Lipinski definition) is 0. The highest BCUT2D eigenvalue weighted by Crippen LogP contribution is 2.37. The Hall–Kier alpha value is -0.310. The fourth-order valence-electron chi connectivity index (χ4n) is 2.21. The maximum absolute atomic E-state index is 6.48. The van der Waals surface area contributed by atoms with Gasteiger partial charge in [0.2, 0.25) is 0 Å². The third-order valence-corrected chi connectivity index (χ3v) is 5.80. The molecule has 1 atom stereocenters. The second-order valence-electron chi connectivity index (χ2n) is 4.20. The molecule has 1 unspecified atom stereocenters. The summed E-state index contributed by atoms with van der Waals surface area (Å²) < 4.78 is 0. The van der Waals surface area contributed by atoms with Gasteiger partial charge in [-0.15, -0.1) is 34.3 Å². The van der Waals surface area contributed by atoms with Gasteiger partial charge in [0.15, 0.2) is 0 Å². The molecule has 0 radical (unpaired) electrons. The summed E-state index contributed by atoms with van der Waals surface area (Å²) in [4.78, 5) is 4.32. The minimum absolute atomic E-state index is 0.161. The molecule has 0 N–H and O–H groups in total. The van der Waals surface area contributed by atoms with Crippen molar-refractivity contribution >= 4 is 34.3 Å². The van der Waals surface area contributed by atoms with Gasteiger partial charge in [0.1, 0.15) is 0 Å². The lowest BCUT2D eigenvalue weighted by molar-refractivity contribution is 0.908. The van der Waals surface area contributed by atoms with Gasteiger partial charge >= 0.3 is 0 Å². The van der Waals surface area contributed by atoms with E-state index in [9.17, 15) is 0 Å². The topological polar surface area (TPSA) is 0 Å². The van der Waals surface area contributed by atoms with Crippen molar-refractivity contribution in [3.05, 3.63) is 43.8 Å². The standard InChI is InChI=1S/C13H13ClS2/c14-11(8-10-4-2-6-15-10)13-7-9-3-1-5-12(9)16-13/h2,4,6-7,11H,1,3,5,8H2. The minimum atomic E-state index is 0.161. The Morgan fingerprint density at radius 1 is 1.38 bits per heavy atom. The lowest BCUT2D eigenvalue weighted by atomic mass is 10.2. The number of aryl methyl sites for hydroxylation is 2. The maximum Gasteiger partial charge on any atom is 0.0726 e. The van der Waals surface area contributed by atoms with Crippen LogP contribution in [0.5, 0.6) is 0 Å². The van der Waals surface area contributed by atoms with Crippen LogP contribution in [-0.4, -0.2) is 0 Å². The van der Waals surface area contributed by atoms with Crippen molar-refractivity contribution in [3.8, 4) is 0 Å². The Bertz CT molecular complexity index is 449. The molecule has 0 bridgehead atoms. The molecule has 0 saturated carbocycles. The van der Waals surface area contributed by atoms with Gasteiger partial charge in [-0.05, 0) is 42.3 Å². The molecule has 16 heavy (non-hydrogen) atoms. The first kappa shape index (κ1) is 10.8. The first-order valence-corrected chi connectivity index (χ1v) is 7.74. The first-order chi connectivity index (χ1) is 7.83. The Morgan fingerprint density at radius 3 is 3.06 bits per heavy atom. The third kappa shape index (κ3) is 2.06. The molecule has 1 aliphatic rings. The van der Waals surface area contributed by atoms with Crippen molar-refractivity contribution in [1.29, 1.82) is 0 Å². The van der Waals surface area contributed by atoms with Gasteiger partial charge in [0, 0.05) is 21.1 Å². The van der Waals surface area contributed by atoms with E-state index < -0.39 is 0 Å². The normalized spacial score (nSPS) is 16.3. The predicted molar refractivity (Wildman–Crippen MR) is 73.0 cm³/mol. The summed E-state index contributed by atoms with van der Waals surface area (Å²) in [5, 5.41) is 2.28. The summed E-state index contributed by atoms with van der Waals surface area (Å²) in [5.74, 6) is 0. The summed E-state index contributed by atoms with van der Waals surface area (Å²) in [6.45, 7) is 0. The van der Waals surface area contributed by atoms with Crippen molar-refractivity contribution in [2.75, 3.05) is 0 Å². The lowest BCUT2D eigenvalue weighted by Crippen LogP contribution is -1.90. The largest absolute Gasteiger partial charge is 0.149 e. The third-order valence-electron chi connectivity index (χ3n) is 3.03. The summed E-state index contributed by atoms with van der Waals surface area (Å²) in [7, 11) is 0. The van der Waals surface area contributed by atoms with Gasteiger partial charge in [0.25, 0.3) is 0 Å². The Labute approximate surface area is 109 Å². The van der Waals surface area contributed by atoms with E-state index >= 15 is 0 Å². The van der Waals surface area contributed by atoms with Crippen molar-refractivity contribution in [2.24, 2.45) is 0 Å². The van der Waals surface area contributed by atoms with E-state index in [1.54, 1.807) is 21.8 Å². The fourth-order valence-corrected chi connectivity index (χ4v) is 4.65. The van der Waals surface area contributed by atoms with Crippen LogP contribution in [0, 0.1) is 0 Å². The second-order valence-corrected chi connectivity index (χ2v) is 6.93. The number of fused-ring (bicyclic) bond motifs is 1. The molecule has 1 aliphatic carbocycles. The highest BCUT2D eigenvalue weighted by Gasteiger charge is 2.19. The molecule has 2 heterocycles. The molecular weight excluding hydrogens is 256 g/mol. The zero-order valence-corrected chi connectivity index (χ0v) is 11.3. The van der Waals surface area contributed by atoms with Gasteiger partial charge < -0.3 is 0 Å². The molecule has 0 saturated heterocycles. The SMILES string of the molecule is ClC(Cc1cccs1)c1cc2c(s1)CCC2. The molecule has 3 heteroatoms. The molecule has 0 spiro atoms. The van der Waals surface area contributed by atoms with Crippen LogP contribution in [0.4, 0.5) is 0 Å². The highest BCUT2D eigenvalue weighted by molar-refractivity contribution is 7.12. The van der Waals surface area contributed by atoms with Crippen LogP contribution >= 0.6 is 34.3 Å². The molecule has 2 aromatic heterocycles. The van der Waals surface area contributed by atoms with Crippen molar-refractivity contribution < 1.29 is 0 Å². The first-order valence-electron chi connectivity index (χ1n) is 5.61. The van der Waals surface area contributed by atoms with Crippen LogP contribution < -0.4 is 0 Å². The van der Waals surface area contributed by atoms with Crippen LogP contribution in [0.15, 0.2) is 23.6 Å². The average Bonchev–Trinajstić information content (AvgIpc) is 2.91. The molecule has 0 aliphatic heterocycles. The van der Waals surface area contributed by atoms with Crippen molar-refractivity contribution in [1.82, 2.24) is 0 Å². The van der Waals surface area contributed by atoms with Crippen LogP contribution in [0.1, 0.15) is 32.0 Å². The number of alkyl halides is 1. The summed E-state index contributed by atoms with van der Waals surface area (Å²) in [6, 6.07) is 6.59.